The topological polar surface area (TPSA) is 38.3 Å². The molecule has 1 aromatic rings. The second-order valence-corrected chi connectivity index (χ2v) is 4.83. The Morgan fingerprint density at radius 3 is 2.89 bits per heavy atom. The molecule has 1 atom stereocenters. The van der Waals surface area contributed by atoms with E-state index < -0.39 is 0 Å². The van der Waals surface area contributed by atoms with Crippen molar-refractivity contribution in [1.29, 1.82) is 0 Å². The number of fused-ring (bicyclic) bond motifs is 1. The SMILES string of the molecule is O=C(C1=CCCCO1)C1Cc2ccccc2CN1. The van der Waals surface area contributed by atoms with Gasteiger partial charge in [-0.15, -0.1) is 0 Å². The van der Waals surface area contributed by atoms with Crippen molar-refractivity contribution in [2.75, 3.05) is 6.61 Å². The lowest BCUT2D eigenvalue weighted by Crippen LogP contribution is -2.43. The lowest BCUT2D eigenvalue weighted by atomic mass is 9.93. The number of ketones is 1. The molecule has 3 rings (SSSR count). The first-order valence-corrected chi connectivity index (χ1v) is 6.52. The molecule has 2 aliphatic heterocycles. The van der Waals surface area contributed by atoms with Crippen molar-refractivity contribution in [3.05, 3.63) is 47.2 Å². The third-order valence-corrected chi connectivity index (χ3v) is 3.58. The van der Waals surface area contributed by atoms with E-state index in [0.29, 0.717) is 12.4 Å². The number of rotatable bonds is 2. The number of carbonyl (C=O) groups excluding carboxylic acids is 1. The maximum atomic E-state index is 12.3. The maximum absolute atomic E-state index is 12.3. The molecule has 1 aromatic carbocycles. The fourth-order valence-corrected chi connectivity index (χ4v) is 2.54. The van der Waals surface area contributed by atoms with Crippen LogP contribution in [0.3, 0.4) is 0 Å². The Morgan fingerprint density at radius 1 is 1.28 bits per heavy atom. The molecule has 0 aliphatic carbocycles. The fraction of sp³-hybridized carbons (Fsp3) is 0.400. The molecule has 18 heavy (non-hydrogen) atoms. The summed E-state index contributed by atoms with van der Waals surface area (Å²) in [7, 11) is 0. The molecule has 1 N–H and O–H groups in total. The van der Waals surface area contributed by atoms with E-state index in [2.05, 4.69) is 17.4 Å². The predicted octanol–water partition coefficient (Wildman–Crippen LogP) is 1.96. The molecule has 2 aliphatic rings. The van der Waals surface area contributed by atoms with Gasteiger partial charge >= 0.3 is 0 Å². The molecule has 0 bridgehead atoms. The van der Waals surface area contributed by atoms with Gasteiger partial charge in [-0.25, -0.2) is 0 Å². The number of Topliss-reactive ketones (excluding diaryl/α,β-unsaturated/α-hetero) is 1. The van der Waals surface area contributed by atoms with Gasteiger partial charge in [0, 0.05) is 6.54 Å². The molecule has 0 saturated carbocycles. The van der Waals surface area contributed by atoms with E-state index >= 15 is 0 Å². The Labute approximate surface area is 107 Å². The minimum atomic E-state index is -0.135. The summed E-state index contributed by atoms with van der Waals surface area (Å²) < 4.78 is 5.45. The van der Waals surface area contributed by atoms with Crippen LogP contribution in [0.1, 0.15) is 24.0 Å². The van der Waals surface area contributed by atoms with Gasteiger partial charge in [-0.05, 0) is 36.5 Å². The molecule has 0 fully saturated rings. The van der Waals surface area contributed by atoms with E-state index in [1.54, 1.807) is 0 Å². The van der Waals surface area contributed by atoms with Crippen molar-refractivity contribution in [3.8, 4) is 0 Å². The third kappa shape index (κ3) is 2.18. The van der Waals surface area contributed by atoms with E-state index in [1.165, 1.54) is 11.1 Å². The van der Waals surface area contributed by atoms with Crippen LogP contribution in [0.4, 0.5) is 0 Å². The van der Waals surface area contributed by atoms with Gasteiger partial charge in [0.2, 0.25) is 5.78 Å². The van der Waals surface area contributed by atoms with E-state index in [9.17, 15) is 4.79 Å². The number of nitrogens with one attached hydrogen (secondary N) is 1. The van der Waals surface area contributed by atoms with Crippen molar-refractivity contribution in [1.82, 2.24) is 5.32 Å². The normalized spacial score (nSPS) is 22.7. The van der Waals surface area contributed by atoms with Gasteiger partial charge < -0.3 is 10.1 Å². The standard InChI is InChI=1S/C15H17NO2/c17-15(14-7-3-4-8-18-14)13-9-11-5-1-2-6-12(11)10-16-13/h1-2,5-7,13,16H,3-4,8-10H2. The average molecular weight is 243 g/mol. The fourth-order valence-electron chi connectivity index (χ4n) is 2.54. The second-order valence-electron chi connectivity index (χ2n) is 4.83. The van der Waals surface area contributed by atoms with Crippen molar-refractivity contribution < 1.29 is 9.53 Å². The van der Waals surface area contributed by atoms with Gasteiger partial charge in [-0.3, -0.25) is 4.79 Å². The van der Waals surface area contributed by atoms with Crippen LogP contribution >= 0.6 is 0 Å². The summed E-state index contributed by atoms with van der Waals surface area (Å²) in [5.74, 6) is 0.655. The molecule has 94 valence electrons. The second kappa shape index (κ2) is 4.94. The minimum absolute atomic E-state index is 0.101. The molecule has 3 nitrogen and oxygen atoms in total. The minimum Gasteiger partial charge on any atom is -0.490 e. The summed E-state index contributed by atoms with van der Waals surface area (Å²) in [5.41, 5.74) is 2.56. The van der Waals surface area contributed by atoms with Crippen LogP contribution in [0.2, 0.25) is 0 Å². The highest BCUT2D eigenvalue weighted by molar-refractivity contribution is 5.98. The highest BCUT2D eigenvalue weighted by Gasteiger charge is 2.27. The number of hydrogen-bond acceptors (Lipinski definition) is 3. The van der Waals surface area contributed by atoms with Crippen LogP contribution in [0.25, 0.3) is 0 Å². The summed E-state index contributed by atoms with van der Waals surface area (Å²) in [6.45, 7) is 1.43. The average Bonchev–Trinajstić information content (AvgIpc) is 2.47. The number of benzene rings is 1. The van der Waals surface area contributed by atoms with Crippen LogP contribution in [0.5, 0.6) is 0 Å². The molecule has 0 aromatic heterocycles. The van der Waals surface area contributed by atoms with Crippen LogP contribution in [-0.2, 0) is 22.5 Å². The largest absolute Gasteiger partial charge is 0.490 e. The lowest BCUT2D eigenvalue weighted by Gasteiger charge is -2.26. The monoisotopic (exact) mass is 243 g/mol. The smallest absolute Gasteiger partial charge is 0.214 e. The van der Waals surface area contributed by atoms with Crippen LogP contribution < -0.4 is 5.32 Å². The van der Waals surface area contributed by atoms with Gasteiger partial charge in [0.25, 0.3) is 0 Å². The lowest BCUT2D eigenvalue weighted by molar-refractivity contribution is -0.121. The molecule has 1 unspecified atom stereocenters. The van der Waals surface area contributed by atoms with Gasteiger partial charge in [0.1, 0.15) is 0 Å². The highest BCUT2D eigenvalue weighted by atomic mass is 16.5. The first-order valence-electron chi connectivity index (χ1n) is 6.52. The molecule has 0 spiro atoms. The van der Waals surface area contributed by atoms with E-state index in [0.717, 1.165) is 25.8 Å². The highest BCUT2D eigenvalue weighted by Crippen LogP contribution is 2.20. The van der Waals surface area contributed by atoms with E-state index in [-0.39, 0.29) is 11.8 Å². The number of carbonyl (C=O) groups is 1. The summed E-state index contributed by atoms with van der Waals surface area (Å²) >= 11 is 0. The molecule has 0 amide bonds. The molecule has 0 saturated heterocycles. The van der Waals surface area contributed by atoms with Gasteiger partial charge in [-0.1, -0.05) is 24.3 Å². The number of allylic oxidation sites excluding steroid dienone is 1. The van der Waals surface area contributed by atoms with Crippen molar-refractivity contribution >= 4 is 5.78 Å². The van der Waals surface area contributed by atoms with Crippen LogP contribution in [-0.4, -0.2) is 18.4 Å². The van der Waals surface area contributed by atoms with E-state index in [4.69, 9.17) is 4.74 Å². The molecule has 3 heteroatoms. The Kier molecular flexibility index (Phi) is 3.15. The zero-order chi connectivity index (χ0) is 12.4. The molecular weight excluding hydrogens is 226 g/mol. The zero-order valence-electron chi connectivity index (χ0n) is 10.3. The summed E-state index contributed by atoms with van der Waals surface area (Å²) in [6.07, 6.45) is 4.64. The van der Waals surface area contributed by atoms with Gasteiger partial charge in [0.05, 0.1) is 12.6 Å². The van der Waals surface area contributed by atoms with Crippen molar-refractivity contribution in [3.63, 3.8) is 0 Å². The van der Waals surface area contributed by atoms with Crippen LogP contribution in [0, 0.1) is 0 Å². The maximum Gasteiger partial charge on any atom is 0.214 e. The quantitative estimate of drug-likeness (QED) is 0.863. The molecule has 0 radical (unpaired) electrons. The first-order chi connectivity index (χ1) is 8.84. The summed E-state index contributed by atoms with van der Waals surface area (Å²) in [5, 5.41) is 3.30. The third-order valence-electron chi connectivity index (χ3n) is 3.58. The van der Waals surface area contributed by atoms with Gasteiger partial charge in [-0.2, -0.15) is 0 Å². The number of ether oxygens (including phenoxy) is 1. The molecular formula is C15H17NO2. The Hall–Kier alpha value is -1.61. The Bertz CT molecular complexity index is 493. The Morgan fingerprint density at radius 2 is 2.11 bits per heavy atom. The van der Waals surface area contributed by atoms with Crippen molar-refractivity contribution in [2.45, 2.75) is 31.8 Å². The number of hydrogen-bond donors (Lipinski definition) is 1. The zero-order valence-corrected chi connectivity index (χ0v) is 10.3. The summed E-state index contributed by atoms with van der Waals surface area (Å²) in [6, 6.07) is 8.15. The predicted molar refractivity (Wildman–Crippen MR) is 69.0 cm³/mol. The van der Waals surface area contributed by atoms with Crippen molar-refractivity contribution in [2.24, 2.45) is 0 Å². The van der Waals surface area contributed by atoms with Crippen LogP contribution in [0.15, 0.2) is 36.1 Å². The Balaban J connectivity index is 1.75. The van der Waals surface area contributed by atoms with E-state index in [1.807, 2.05) is 18.2 Å². The van der Waals surface area contributed by atoms with Gasteiger partial charge in [0.15, 0.2) is 5.76 Å². The first kappa shape index (κ1) is 11.5. The molecule has 2 heterocycles. The summed E-state index contributed by atoms with van der Waals surface area (Å²) in [4.78, 5) is 12.3.